The van der Waals surface area contributed by atoms with E-state index in [0.29, 0.717) is 0 Å². The van der Waals surface area contributed by atoms with E-state index in [1.54, 1.807) is 4.90 Å². The van der Waals surface area contributed by atoms with Gasteiger partial charge < -0.3 is 4.74 Å². The minimum Gasteiger partial charge on any atom is -0.366 e. The van der Waals surface area contributed by atoms with Gasteiger partial charge in [0.15, 0.2) is 5.60 Å². The second kappa shape index (κ2) is 3.10. The van der Waals surface area contributed by atoms with Crippen LogP contribution in [0.1, 0.15) is 20.8 Å². The Balaban J connectivity index is 2.67. The highest BCUT2D eigenvalue weighted by atomic mass is 19.4. The summed E-state index contributed by atoms with van der Waals surface area (Å²) in [5.41, 5.74) is -2.17. The van der Waals surface area contributed by atoms with E-state index in [0.717, 1.165) is 7.11 Å². The van der Waals surface area contributed by atoms with Crippen molar-refractivity contribution < 1.29 is 17.9 Å². The van der Waals surface area contributed by atoms with Gasteiger partial charge in [-0.05, 0) is 20.8 Å². The molecule has 1 rings (SSSR count). The maximum Gasteiger partial charge on any atom is 0.419 e. The first-order valence-corrected chi connectivity index (χ1v) is 4.49. The number of hydrogen-bond acceptors (Lipinski definition) is 2. The van der Waals surface area contributed by atoms with E-state index in [1.165, 1.54) is 0 Å². The molecule has 0 saturated carbocycles. The molecule has 0 aromatic rings. The van der Waals surface area contributed by atoms with E-state index >= 15 is 0 Å². The third kappa shape index (κ3) is 1.75. The van der Waals surface area contributed by atoms with Gasteiger partial charge in [-0.15, -0.1) is 0 Å². The first kappa shape index (κ1) is 11.8. The molecule has 0 amide bonds. The zero-order valence-electron chi connectivity index (χ0n) is 8.90. The average molecular weight is 211 g/mol. The van der Waals surface area contributed by atoms with Crippen LogP contribution in [0.15, 0.2) is 0 Å². The topological polar surface area (TPSA) is 12.5 Å². The van der Waals surface area contributed by atoms with Gasteiger partial charge >= 0.3 is 6.18 Å². The summed E-state index contributed by atoms with van der Waals surface area (Å²) in [4.78, 5) is 1.75. The second-order valence-corrected chi connectivity index (χ2v) is 4.72. The summed E-state index contributed by atoms with van der Waals surface area (Å²) < 4.78 is 42.3. The zero-order valence-corrected chi connectivity index (χ0v) is 8.90. The molecule has 0 bridgehead atoms. The highest BCUT2D eigenvalue weighted by Crippen LogP contribution is 2.42. The summed E-state index contributed by atoms with van der Waals surface area (Å²) in [6, 6.07) is 0. The zero-order chi connectivity index (χ0) is 11.2. The standard InChI is InChI=1S/C9H16F3NO/c1-7(2,3)13-5-8(6-13,14-4)9(10,11)12/h5-6H2,1-4H3. The van der Waals surface area contributed by atoms with Crippen molar-refractivity contribution in [3.63, 3.8) is 0 Å². The van der Waals surface area contributed by atoms with Gasteiger partial charge in [-0.2, -0.15) is 13.2 Å². The number of hydrogen-bond donors (Lipinski definition) is 0. The Morgan fingerprint density at radius 2 is 1.57 bits per heavy atom. The molecule has 1 saturated heterocycles. The Labute approximate surface area is 82.0 Å². The second-order valence-electron chi connectivity index (χ2n) is 4.72. The molecule has 0 unspecified atom stereocenters. The maximum absolute atomic E-state index is 12.6. The van der Waals surface area contributed by atoms with Crippen LogP contribution in [-0.4, -0.2) is 42.4 Å². The van der Waals surface area contributed by atoms with Gasteiger partial charge in [-0.25, -0.2) is 0 Å². The largest absolute Gasteiger partial charge is 0.419 e. The lowest BCUT2D eigenvalue weighted by molar-refractivity contribution is -0.318. The summed E-state index contributed by atoms with van der Waals surface area (Å²) in [6.07, 6.45) is -4.27. The van der Waals surface area contributed by atoms with Crippen LogP contribution in [0.3, 0.4) is 0 Å². The van der Waals surface area contributed by atoms with Crippen molar-refractivity contribution in [1.29, 1.82) is 0 Å². The van der Waals surface area contributed by atoms with E-state index in [1.807, 2.05) is 20.8 Å². The fourth-order valence-corrected chi connectivity index (χ4v) is 1.47. The van der Waals surface area contributed by atoms with Gasteiger partial charge in [0.25, 0.3) is 0 Å². The summed E-state index contributed by atoms with van der Waals surface area (Å²) in [7, 11) is 1.12. The Bertz CT molecular complexity index is 213. The summed E-state index contributed by atoms with van der Waals surface area (Å²) in [5, 5.41) is 0. The fraction of sp³-hybridized carbons (Fsp3) is 1.00. The molecule has 84 valence electrons. The molecule has 1 aliphatic heterocycles. The van der Waals surface area contributed by atoms with Gasteiger partial charge in [0.05, 0.1) is 0 Å². The predicted molar refractivity (Wildman–Crippen MR) is 47.1 cm³/mol. The molecule has 1 heterocycles. The molecule has 0 atom stereocenters. The summed E-state index contributed by atoms with van der Waals surface area (Å²) in [5.74, 6) is 0. The van der Waals surface area contributed by atoms with E-state index in [-0.39, 0.29) is 18.6 Å². The van der Waals surface area contributed by atoms with Crippen LogP contribution in [0.2, 0.25) is 0 Å². The molecule has 0 radical (unpaired) electrons. The lowest BCUT2D eigenvalue weighted by Gasteiger charge is -2.54. The monoisotopic (exact) mass is 211 g/mol. The molecule has 0 aromatic heterocycles. The Morgan fingerprint density at radius 3 is 1.79 bits per heavy atom. The quantitative estimate of drug-likeness (QED) is 0.658. The van der Waals surface area contributed by atoms with Crippen molar-refractivity contribution in [2.75, 3.05) is 20.2 Å². The lowest BCUT2D eigenvalue weighted by Crippen LogP contribution is -2.73. The molecule has 14 heavy (non-hydrogen) atoms. The van der Waals surface area contributed by atoms with Gasteiger partial charge in [-0.3, -0.25) is 4.90 Å². The minimum absolute atomic E-state index is 0.0729. The van der Waals surface area contributed by atoms with Crippen LogP contribution in [0, 0.1) is 0 Å². The van der Waals surface area contributed by atoms with Crippen LogP contribution in [0.5, 0.6) is 0 Å². The number of halogens is 3. The molecule has 0 aliphatic carbocycles. The lowest BCUT2D eigenvalue weighted by atomic mass is 9.87. The molecule has 1 aliphatic rings. The number of methoxy groups -OCH3 is 1. The SMILES string of the molecule is COC1(C(F)(F)F)CN(C(C)(C)C)C1. The normalized spacial score (nSPS) is 23.4. The van der Waals surface area contributed by atoms with E-state index < -0.39 is 11.8 Å². The Kier molecular flexibility index (Phi) is 2.61. The van der Waals surface area contributed by atoms with Crippen molar-refractivity contribution in [3.8, 4) is 0 Å². The van der Waals surface area contributed by atoms with Crippen molar-refractivity contribution >= 4 is 0 Å². The van der Waals surface area contributed by atoms with Crippen LogP contribution >= 0.6 is 0 Å². The molecule has 0 aromatic carbocycles. The first-order chi connectivity index (χ1) is 6.12. The molecule has 1 fully saturated rings. The van der Waals surface area contributed by atoms with Gasteiger partial charge in [0, 0.05) is 25.7 Å². The van der Waals surface area contributed by atoms with Crippen LogP contribution in [0.25, 0.3) is 0 Å². The average Bonchev–Trinajstić information content (AvgIpc) is 1.78. The minimum atomic E-state index is -4.27. The molecular formula is C9H16F3NO. The summed E-state index contributed by atoms with van der Waals surface area (Å²) in [6.45, 7) is 5.53. The highest BCUT2D eigenvalue weighted by Gasteiger charge is 2.63. The predicted octanol–water partition coefficient (Wildman–Crippen LogP) is 2.05. The van der Waals surface area contributed by atoms with Gasteiger partial charge in [0.1, 0.15) is 0 Å². The number of alkyl halides is 3. The van der Waals surface area contributed by atoms with Crippen LogP contribution in [-0.2, 0) is 4.74 Å². The number of ether oxygens (including phenoxy) is 1. The van der Waals surface area contributed by atoms with E-state index in [4.69, 9.17) is 0 Å². The van der Waals surface area contributed by atoms with Crippen LogP contribution in [0.4, 0.5) is 13.2 Å². The number of rotatable bonds is 1. The van der Waals surface area contributed by atoms with Crippen LogP contribution < -0.4 is 0 Å². The molecule has 5 heteroatoms. The van der Waals surface area contributed by atoms with Gasteiger partial charge in [0.2, 0.25) is 0 Å². The smallest absolute Gasteiger partial charge is 0.366 e. The van der Waals surface area contributed by atoms with E-state index in [2.05, 4.69) is 4.74 Å². The third-order valence-corrected chi connectivity index (χ3v) is 2.75. The summed E-state index contributed by atoms with van der Waals surface area (Å²) >= 11 is 0. The van der Waals surface area contributed by atoms with Crippen molar-refractivity contribution in [2.24, 2.45) is 0 Å². The first-order valence-electron chi connectivity index (χ1n) is 4.49. The van der Waals surface area contributed by atoms with Crippen molar-refractivity contribution in [1.82, 2.24) is 4.90 Å². The molecule has 0 N–H and O–H groups in total. The number of likely N-dealkylation sites (tertiary alicyclic amines) is 1. The van der Waals surface area contributed by atoms with Crippen molar-refractivity contribution in [3.05, 3.63) is 0 Å². The van der Waals surface area contributed by atoms with E-state index in [9.17, 15) is 13.2 Å². The maximum atomic E-state index is 12.6. The molecule has 0 spiro atoms. The molecule has 2 nitrogen and oxygen atoms in total. The number of nitrogens with zero attached hydrogens (tertiary/aromatic N) is 1. The molecular weight excluding hydrogens is 195 g/mol. The Morgan fingerprint density at radius 1 is 1.14 bits per heavy atom. The van der Waals surface area contributed by atoms with Crippen molar-refractivity contribution in [2.45, 2.75) is 38.1 Å². The Hall–Kier alpha value is -0.290. The third-order valence-electron chi connectivity index (χ3n) is 2.75. The highest BCUT2D eigenvalue weighted by molar-refractivity contribution is 5.05. The fourth-order valence-electron chi connectivity index (χ4n) is 1.47. The van der Waals surface area contributed by atoms with Gasteiger partial charge in [-0.1, -0.05) is 0 Å².